The molecule has 2 aromatic heterocycles. The minimum atomic E-state index is -4.59. The van der Waals surface area contributed by atoms with Crippen LogP contribution in [0.2, 0.25) is 0 Å². The van der Waals surface area contributed by atoms with Gasteiger partial charge in [-0.05, 0) is 24.3 Å². The number of anilines is 1. The molecule has 112 valence electrons. The predicted octanol–water partition coefficient (Wildman–Crippen LogP) is 2.45. The van der Waals surface area contributed by atoms with Crippen LogP contribution >= 0.6 is 0 Å². The summed E-state index contributed by atoms with van der Waals surface area (Å²) in [5, 5.41) is 2.67. The van der Waals surface area contributed by atoms with Gasteiger partial charge in [0.1, 0.15) is 17.3 Å². The molecule has 0 unspecified atom stereocenters. The van der Waals surface area contributed by atoms with E-state index in [4.69, 9.17) is 10.2 Å². The number of aromatic nitrogens is 1. The predicted molar refractivity (Wildman–Crippen MR) is 68.7 cm³/mol. The Hall–Kier alpha value is -2.51. The lowest BCUT2D eigenvalue weighted by Gasteiger charge is -2.12. The third-order valence-electron chi connectivity index (χ3n) is 2.70. The Morgan fingerprint density at radius 3 is 2.67 bits per heavy atom. The number of nitrogens with two attached hydrogens (primary N) is 1. The van der Waals surface area contributed by atoms with Crippen molar-refractivity contribution in [3.8, 4) is 0 Å². The summed E-state index contributed by atoms with van der Waals surface area (Å²) in [7, 11) is 0. The monoisotopic (exact) mass is 299 g/mol. The van der Waals surface area contributed by atoms with E-state index in [9.17, 15) is 18.0 Å². The molecule has 0 spiro atoms. The van der Waals surface area contributed by atoms with Gasteiger partial charge < -0.3 is 15.5 Å². The maximum atomic E-state index is 12.6. The summed E-state index contributed by atoms with van der Waals surface area (Å²) in [6, 6.07) is 5.16. The van der Waals surface area contributed by atoms with Crippen LogP contribution in [0.5, 0.6) is 0 Å². The van der Waals surface area contributed by atoms with Gasteiger partial charge >= 0.3 is 6.18 Å². The van der Waals surface area contributed by atoms with Gasteiger partial charge in [0.15, 0.2) is 0 Å². The van der Waals surface area contributed by atoms with Crippen molar-refractivity contribution >= 4 is 11.7 Å². The minimum Gasteiger partial charge on any atom is -0.469 e. The lowest BCUT2D eigenvalue weighted by Crippen LogP contribution is -2.19. The van der Waals surface area contributed by atoms with Gasteiger partial charge in [0.25, 0.3) is 5.91 Å². The normalized spacial score (nSPS) is 11.4. The van der Waals surface area contributed by atoms with Crippen molar-refractivity contribution in [1.29, 1.82) is 0 Å². The summed E-state index contributed by atoms with van der Waals surface area (Å²) in [5.41, 5.74) is 3.94. The highest BCUT2D eigenvalue weighted by molar-refractivity contribution is 5.97. The second-order valence-electron chi connectivity index (χ2n) is 4.21. The van der Waals surface area contributed by atoms with Gasteiger partial charge in [-0.3, -0.25) is 4.79 Å². The first-order valence-corrected chi connectivity index (χ1v) is 6.02. The number of hydrogen-bond donors (Lipinski definition) is 2. The Bertz CT molecular complexity index is 624. The number of rotatable bonds is 5. The Balaban J connectivity index is 2.16. The third-order valence-corrected chi connectivity index (χ3v) is 2.70. The fourth-order valence-corrected chi connectivity index (χ4v) is 1.71. The molecule has 0 aliphatic heterocycles. The molecule has 1 amide bonds. The number of carbonyl (C=O) groups excluding carboxylic acids is 1. The van der Waals surface area contributed by atoms with Crippen LogP contribution in [0, 0.1) is 0 Å². The molecular formula is C13H12F3N3O2. The van der Waals surface area contributed by atoms with E-state index in [0.29, 0.717) is 12.2 Å². The van der Waals surface area contributed by atoms with Gasteiger partial charge in [-0.2, -0.15) is 13.2 Å². The summed E-state index contributed by atoms with van der Waals surface area (Å²) in [4.78, 5) is 14.6. The molecule has 2 heterocycles. The number of hydrogen-bond acceptors (Lipinski definition) is 4. The van der Waals surface area contributed by atoms with E-state index in [1.165, 1.54) is 6.26 Å². The smallest absolute Gasteiger partial charge is 0.433 e. The van der Waals surface area contributed by atoms with E-state index in [1.54, 1.807) is 12.1 Å². The SMILES string of the molecule is NC(=O)c1ccc(C(F)(F)F)nc1NCCc1ccco1. The van der Waals surface area contributed by atoms with Gasteiger partial charge in [-0.25, -0.2) is 4.98 Å². The maximum Gasteiger partial charge on any atom is 0.433 e. The number of carbonyl (C=O) groups is 1. The van der Waals surface area contributed by atoms with Crippen LogP contribution in [-0.4, -0.2) is 17.4 Å². The largest absolute Gasteiger partial charge is 0.469 e. The van der Waals surface area contributed by atoms with Crippen molar-refractivity contribution < 1.29 is 22.4 Å². The van der Waals surface area contributed by atoms with Gasteiger partial charge in [0.2, 0.25) is 0 Å². The van der Waals surface area contributed by atoms with Gasteiger partial charge in [0.05, 0.1) is 11.8 Å². The third kappa shape index (κ3) is 3.74. The van der Waals surface area contributed by atoms with Crippen molar-refractivity contribution in [3.63, 3.8) is 0 Å². The highest BCUT2D eigenvalue weighted by Gasteiger charge is 2.33. The molecule has 8 heteroatoms. The molecule has 5 nitrogen and oxygen atoms in total. The first-order valence-electron chi connectivity index (χ1n) is 6.02. The molecule has 3 N–H and O–H groups in total. The zero-order valence-corrected chi connectivity index (χ0v) is 10.8. The summed E-state index contributed by atoms with van der Waals surface area (Å²) < 4.78 is 43.0. The Kier molecular flexibility index (Phi) is 4.15. The molecule has 0 aliphatic carbocycles. The van der Waals surface area contributed by atoms with Gasteiger partial charge in [-0.15, -0.1) is 0 Å². The Morgan fingerprint density at radius 2 is 2.10 bits per heavy atom. The molecule has 0 aromatic carbocycles. The minimum absolute atomic E-state index is 0.0950. The van der Waals surface area contributed by atoms with Crippen LogP contribution in [0.4, 0.5) is 19.0 Å². The number of furan rings is 1. The second kappa shape index (κ2) is 5.86. The number of nitrogens with zero attached hydrogens (tertiary/aromatic N) is 1. The maximum absolute atomic E-state index is 12.6. The van der Waals surface area contributed by atoms with Crippen molar-refractivity contribution in [2.75, 3.05) is 11.9 Å². The standard InChI is InChI=1S/C13H12F3N3O2/c14-13(15,16)10-4-3-9(11(17)20)12(19-10)18-6-5-8-2-1-7-21-8/h1-4,7H,5-6H2,(H2,17,20)(H,18,19). The van der Waals surface area contributed by atoms with Crippen molar-refractivity contribution in [2.24, 2.45) is 5.73 Å². The lowest BCUT2D eigenvalue weighted by molar-refractivity contribution is -0.141. The van der Waals surface area contributed by atoms with E-state index >= 15 is 0 Å². The molecule has 21 heavy (non-hydrogen) atoms. The van der Waals surface area contributed by atoms with E-state index in [2.05, 4.69) is 10.3 Å². The highest BCUT2D eigenvalue weighted by atomic mass is 19.4. The average molecular weight is 299 g/mol. The number of amides is 1. The first kappa shape index (κ1) is 14.9. The fraction of sp³-hybridized carbons (Fsp3) is 0.231. The average Bonchev–Trinajstić information content (AvgIpc) is 2.90. The topological polar surface area (TPSA) is 81.2 Å². The molecule has 0 aliphatic rings. The first-order chi connectivity index (χ1) is 9.88. The van der Waals surface area contributed by atoms with Crippen LogP contribution in [0.15, 0.2) is 34.9 Å². The fourth-order valence-electron chi connectivity index (χ4n) is 1.71. The van der Waals surface area contributed by atoms with Crippen LogP contribution in [0.1, 0.15) is 21.8 Å². The van der Waals surface area contributed by atoms with E-state index in [-0.39, 0.29) is 17.9 Å². The van der Waals surface area contributed by atoms with Crippen LogP contribution < -0.4 is 11.1 Å². The van der Waals surface area contributed by atoms with Crippen LogP contribution in [0.25, 0.3) is 0 Å². The number of pyridine rings is 1. The molecule has 0 saturated carbocycles. The summed E-state index contributed by atoms with van der Waals surface area (Å²) >= 11 is 0. The van der Waals surface area contributed by atoms with E-state index < -0.39 is 17.8 Å². The van der Waals surface area contributed by atoms with Crippen molar-refractivity contribution in [2.45, 2.75) is 12.6 Å². The molecule has 0 fully saturated rings. The molecular weight excluding hydrogens is 287 g/mol. The number of alkyl halides is 3. The number of halogens is 3. The Morgan fingerprint density at radius 1 is 1.33 bits per heavy atom. The zero-order chi connectivity index (χ0) is 15.5. The van der Waals surface area contributed by atoms with Gasteiger partial charge in [-0.1, -0.05) is 0 Å². The van der Waals surface area contributed by atoms with E-state index in [1.807, 2.05) is 0 Å². The van der Waals surface area contributed by atoms with Crippen molar-refractivity contribution in [1.82, 2.24) is 4.98 Å². The molecule has 0 atom stereocenters. The van der Waals surface area contributed by atoms with Crippen LogP contribution in [0.3, 0.4) is 0 Å². The second-order valence-corrected chi connectivity index (χ2v) is 4.21. The number of primary amides is 1. The number of nitrogens with one attached hydrogen (secondary N) is 1. The van der Waals surface area contributed by atoms with Gasteiger partial charge in [0, 0.05) is 13.0 Å². The summed E-state index contributed by atoms with van der Waals surface area (Å²) in [6.07, 6.45) is -2.66. The molecule has 0 radical (unpaired) electrons. The summed E-state index contributed by atoms with van der Waals surface area (Å²) in [6.45, 7) is 0.252. The molecule has 0 saturated heterocycles. The molecule has 0 bridgehead atoms. The molecule has 2 rings (SSSR count). The van der Waals surface area contributed by atoms with Crippen molar-refractivity contribution in [3.05, 3.63) is 47.5 Å². The Labute approximate surface area is 118 Å². The molecule has 2 aromatic rings. The van der Waals surface area contributed by atoms with E-state index in [0.717, 1.165) is 12.1 Å². The summed E-state index contributed by atoms with van der Waals surface area (Å²) in [5.74, 6) is -0.379. The highest BCUT2D eigenvalue weighted by Crippen LogP contribution is 2.29. The van der Waals surface area contributed by atoms with Crippen LogP contribution in [-0.2, 0) is 12.6 Å². The zero-order valence-electron chi connectivity index (χ0n) is 10.8. The quantitative estimate of drug-likeness (QED) is 0.888. The lowest BCUT2D eigenvalue weighted by atomic mass is 10.2.